The summed E-state index contributed by atoms with van der Waals surface area (Å²) in [5.74, 6) is 0. The highest BCUT2D eigenvalue weighted by atomic mass is 16.5. The van der Waals surface area contributed by atoms with Gasteiger partial charge in [0.2, 0.25) is 0 Å². The molecule has 2 atom stereocenters. The summed E-state index contributed by atoms with van der Waals surface area (Å²) in [5, 5.41) is 3.73. The van der Waals surface area contributed by atoms with E-state index < -0.39 is 0 Å². The van der Waals surface area contributed by atoms with Crippen LogP contribution in [0.15, 0.2) is 0 Å². The van der Waals surface area contributed by atoms with Crippen LogP contribution in [0.5, 0.6) is 0 Å². The fourth-order valence-corrected chi connectivity index (χ4v) is 2.45. The van der Waals surface area contributed by atoms with Crippen LogP contribution in [-0.4, -0.2) is 25.3 Å². The zero-order valence-corrected chi connectivity index (χ0v) is 8.59. The summed E-state index contributed by atoms with van der Waals surface area (Å²) in [6, 6.07) is 1.45. The van der Waals surface area contributed by atoms with Crippen molar-refractivity contribution in [2.45, 2.75) is 63.1 Å². The minimum absolute atomic E-state index is 0.481. The van der Waals surface area contributed by atoms with Crippen LogP contribution in [0.2, 0.25) is 0 Å². The zero-order chi connectivity index (χ0) is 9.10. The van der Waals surface area contributed by atoms with Gasteiger partial charge in [0.05, 0.1) is 6.10 Å². The second kappa shape index (κ2) is 4.43. The van der Waals surface area contributed by atoms with Crippen molar-refractivity contribution in [1.29, 1.82) is 0 Å². The molecule has 2 aliphatic rings. The smallest absolute Gasteiger partial charge is 0.0724 e. The molecule has 0 bridgehead atoms. The van der Waals surface area contributed by atoms with Gasteiger partial charge in [-0.3, -0.25) is 0 Å². The van der Waals surface area contributed by atoms with Crippen LogP contribution in [0.1, 0.15) is 44.9 Å². The molecular formula is C11H21NO. The molecule has 2 aliphatic carbocycles. The lowest BCUT2D eigenvalue weighted by molar-refractivity contribution is 0.0335. The normalized spacial score (nSPS) is 35.8. The summed E-state index contributed by atoms with van der Waals surface area (Å²) >= 11 is 0. The molecule has 0 amide bonds. The van der Waals surface area contributed by atoms with E-state index in [1.165, 1.54) is 44.9 Å². The molecule has 13 heavy (non-hydrogen) atoms. The van der Waals surface area contributed by atoms with E-state index in [4.69, 9.17) is 4.74 Å². The Hall–Kier alpha value is -0.0800. The van der Waals surface area contributed by atoms with Crippen molar-refractivity contribution in [2.24, 2.45) is 0 Å². The Morgan fingerprint density at radius 3 is 2.38 bits per heavy atom. The van der Waals surface area contributed by atoms with Gasteiger partial charge in [0.25, 0.3) is 0 Å². The fourth-order valence-electron chi connectivity index (χ4n) is 2.45. The maximum absolute atomic E-state index is 5.51. The number of methoxy groups -OCH3 is 1. The van der Waals surface area contributed by atoms with Crippen molar-refractivity contribution >= 4 is 0 Å². The number of hydrogen-bond acceptors (Lipinski definition) is 2. The summed E-state index contributed by atoms with van der Waals surface area (Å²) in [6.07, 6.45) is 9.96. The molecule has 2 fully saturated rings. The molecule has 2 unspecified atom stereocenters. The second-order valence-corrected chi connectivity index (χ2v) is 4.46. The van der Waals surface area contributed by atoms with Crippen molar-refractivity contribution in [3.8, 4) is 0 Å². The van der Waals surface area contributed by atoms with Gasteiger partial charge in [-0.05, 0) is 25.7 Å². The molecule has 2 heteroatoms. The molecular weight excluding hydrogens is 162 g/mol. The first kappa shape index (κ1) is 9.47. The summed E-state index contributed by atoms with van der Waals surface area (Å²) in [6.45, 7) is 0. The molecule has 76 valence electrons. The number of ether oxygens (including phenoxy) is 1. The SMILES string of the molecule is COC1CCCCC1NC1CCC1. The van der Waals surface area contributed by atoms with Gasteiger partial charge >= 0.3 is 0 Å². The van der Waals surface area contributed by atoms with Crippen molar-refractivity contribution in [3.63, 3.8) is 0 Å². The quantitative estimate of drug-likeness (QED) is 0.723. The molecule has 2 saturated carbocycles. The summed E-state index contributed by atoms with van der Waals surface area (Å²) in [5.41, 5.74) is 0. The van der Waals surface area contributed by atoms with E-state index in [1.807, 2.05) is 7.11 Å². The summed E-state index contributed by atoms with van der Waals surface area (Å²) in [7, 11) is 1.85. The van der Waals surface area contributed by atoms with Gasteiger partial charge in [0.15, 0.2) is 0 Å². The van der Waals surface area contributed by atoms with E-state index >= 15 is 0 Å². The van der Waals surface area contributed by atoms with E-state index in [9.17, 15) is 0 Å². The molecule has 0 aromatic rings. The van der Waals surface area contributed by atoms with Gasteiger partial charge in [-0.1, -0.05) is 19.3 Å². The topological polar surface area (TPSA) is 21.3 Å². The highest BCUT2D eigenvalue weighted by molar-refractivity contribution is 4.87. The minimum Gasteiger partial charge on any atom is -0.380 e. The maximum atomic E-state index is 5.51. The van der Waals surface area contributed by atoms with Gasteiger partial charge in [-0.15, -0.1) is 0 Å². The number of hydrogen-bond donors (Lipinski definition) is 1. The lowest BCUT2D eigenvalue weighted by Gasteiger charge is -2.37. The average Bonchev–Trinajstić information content (AvgIpc) is 2.12. The molecule has 2 rings (SSSR count). The first-order chi connectivity index (χ1) is 6.40. The van der Waals surface area contributed by atoms with Gasteiger partial charge in [0.1, 0.15) is 0 Å². The monoisotopic (exact) mass is 183 g/mol. The summed E-state index contributed by atoms with van der Waals surface area (Å²) in [4.78, 5) is 0. The molecule has 0 aliphatic heterocycles. The van der Waals surface area contributed by atoms with E-state index in [-0.39, 0.29) is 0 Å². The highest BCUT2D eigenvalue weighted by Gasteiger charge is 2.28. The van der Waals surface area contributed by atoms with Crippen molar-refractivity contribution < 1.29 is 4.74 Å². The van der Waals surface area contributed by atoms with Crippen molar-refractivity contribution in [2.75, 3.05) is 7.11 Å². The molecule has 0 saturated heterocycles. The van der Waals surface area contributed by atoms with Crippen LogP contribution >= 0.6 is 0 Å². The number of nitrogens with one attached hydrogen (secondary N) is 1. The Balaban J connectivity index is 1.79. The molecule has 1 N–H and O–H groups in total. The van der Waals surface area contributed by atoms with Gasteiger partial charge in [-0.2, -0.15) is 0 Å². The van der Waals surface area contributed by atoms with Gasteiger partial charge in [0, 0.05) is 19.2 Å². The van der Waals surface area contributed by atoms with E-state index in [2.05, 4.69) is 5.32 Å². The number of rotatable bonds is 3. The Morgan fingerprint density at radius 1 is 1.00 bits per heavy atom. The molecule has 0 heterocycles. The van der Waals surface area contributed by atoms with Gasteiger partial charge in [-0.25, -0.2) is 0 Å². The minimum atomic E-state index is 0.481. The standard InChI is InChI=1S/C11H21NO/c1-13-11-8-3-2-7-10(11)12-9-5-4-6-9/h9-12H,2-8H2,1H3. The van der Waals surface area contributed by atoms with Crippen molar-refractivity contribution in [3.05, 3.63) is 0 Å². The Morgan fingerprint density at radius 2 is 1.77 bits per heavy atom. The van der Waals surface area contributed by atoms with Gasteiger partial charge < -0.3 is 10.1 Å². The predicted octanol–water partition coefficient (Wildman–Crippen LogP) is 2.09. The third-order valence-electron chi connectivity index (χ3n) is 3.56. The van der Waals surface area contributed by atoms with Crippen LogP contribution in [-0.2, 0) is 4.74 Å². The largest absolute Gasteiger partial charge is 0.380 e. The molecule has 0 aromatic heterocycles. The van der Waals surface area contributed by atoms with E-state index in [0.717, 1.165) is 6.04 Å². The Kier molecular flexibility index (Phi) is 3.23. The molecule has 0 spiro atoms. The van der Waals surface area contributed by atoms with E-state index in [0.29, 0.717) is 12.1 Å². The Labute approximate surface area is 81.0 Å². The van der Waals surface area contributed by atoms with Crippen LogP contribution in [0, 0.1) is 0 Å². The maximum Gasteiger partial charge on any atom is 0.0724 e. The average molecular weight is 183 g/mol. The summed E-state index contributed by atoms with van der Waals surface area (Å²) < 4.78 is 5.51. The Bertz CT molecular complexity index is 156. The van der Waals surface area contributed by atoms with Crippen LogP contribution in [0.25, 0.3) is 0 Å². The molecule has 0 radical (unpaired) electrons. The van der Waals surface area contributed by atoms with Crippen molar-refractivity contribution in [1.82, 2.24) is 5.32 Å². The first-order valence-corrected chi connectivity index (χ1v) is 5.69. The van der Waals surface area contributed by atoms with Crippen LogP contribution in [0.4, 0.5) is 0 Å². The molecule has 2 nitrogen and oxygen atoms in total. The fraction of sp³-hybridized carbons (Fsp3) is 1.00. The first-order valence-electron chi connectivity index (χ1n) is 5.69. The van der Waals surface area contributed by atoms with Crippen LogP contribution in [0.3, 0.4) is 0 Å². The van der Waals surface area contributed by atoms with Crippen LogP contribution < -0.4 is 5.32 Å². The predicted molar refractivity (Wildman–Crippen MR) is 53.8 cm³/mol. The molecule has 0 aromatic carbocycles. The van der Waals surface area contributed by atoms with E-state index in [1.54, 1.807) is 0 Å². The third kappa shape index (κ3) is 2.23. The lowest BCUT2D eigenvalue weighted by Crippen LogP contribution is -2.49. The zero-order valence-electron chi connectivity index (χ0n) is 8.59. The lowest BCUT2D eigenvalue weighted by atomic mass is 9.87. The second-order valence-electron chi connectivity index (χ2n) is 4.46. The highest BCUT2D eigenvalue weighted by Crippen LogP contribution is 2.25. The third-order valence-corrected chi connectivity index (χ3v) is 3.56.